The summed E-state index contributed by atoms with van der Waals surface area (Å²) in [5.41, 5.74) is 1.13. The first-order valence-electron chi connectivity index (χ1n) is 5.80. The van der Waals surface area contributed by atoms with Gasteiger partial charge in [0, 0.05) is 17.6 Å². The lowest BCUT2D eigenvalue weighted by atomic mass is 9.73. The van der Waals surface area contributed by atoms with Crippen LogP contribution in [0.5, 0.6) is 0 Å². The van der Waals surface area contributed by atoms with Gasteiger partial charge in [-0.15, -0.1) is 0 Å². The van der Waals surface area contributed by atoms with Gasteiger partial charge in [0.15, 0.2) is 0 Å². The lowest BCUT2D eigenvalue weighted by Crippen LogP contribution is -2.54. The van der Waals surface area contributed by atoms with Crippen LogP contribution in [-0.2, 0) is 6.42 Å². The summed E-state index contributed by atoms with van der Waals surface area (Å²) in [6, 6.07) is 5.21. The number of halogens is 2. The Kier molecular flexibility index (Phi) is 3.65. The summed E-state index contributed by atoms with van der Waals surface area (Å²) in [6.07, 6.45) is 3.18. The van der Waals surface area contributed by atoms with Crippen molar-refractivity contribution in [3.05, 3.63) is 34.1 Å². The Labute approximate surface area is 105 Å². The average molecular weight is 286 g/mol. The van der Waals surface area contributed by atoms with Crippen molar-refractivity contribution in [1.82, 2.24) is 5.32 Å². The van der Waals surface area contributed by atoms with Gasteiger partial charge in [0.05, 0.1) is 0 Å². The number of hydrogen-bond acceptors (Lipinski definition) is 1. The molecule has 1 aromatic rings. The Bertz CT molecular complexity index is 374. The minimum absolute atomic E-state index is 0.0782. The van der Waals surface area contributed by atoms with Crippen LogP contribution in [0.1, 0.15) is 25.3 Å². The molecule has 1 aromatic carbocycles. The molecule has 0 radical (unpaired) electrons. The molecule has 0 saturated carbocycles. The highest BCUT2D eigenvalue weighted by molar-refractivity contribution is 9.10. The molecular weight excluding hydrogens is 269 g/mol. The third kappa shape index (κ3) is 2.46. The van der Waals surface area contributed by atoms with E-state index in [0.29, 0.717) is 0 Å². The molecular formula is C13H17BrFN. The van der Waals surface area contributed by atoms with Gasteiger partial charge in [-0.05, 0) is 42.0 Å². The molecule has 1 aliphatic heterocycles. The molecule has 88 valence electrons. The molecule has 0 amide bonds. The number of rotatable bonds is 4. The Morgan fingerprint density at radius 2 is 2.19 bits per heavy atom. The number of nitrogens with one attached hydrogen (secondary N) is 1. The number of hydrogen-bond donors (Lipinski definition) is 1. The fourth-order valence-corrected chi connectivity index (χ4v) is 2.89. The topological polar surface area (TPSA) is 12.0 Å². The minimum atomic E-state index is -0.0782. The van der Waals surface area contributed by atoms with Crippen LogP contribution in [0.3, 0.4) is 0 Å². The molecule has 1 N–H and O–H groups in total. The third-order valence-electron chi connectivity index (χ3n) is 3.35. The summed E-state index contributed by atoms with van der Waals surface area (Å²) in [5, 5.41) is 3.31. The summed E-state index contributed by atoms with van der Waals surface area (Å²) in [4.78, 5) is 0. The van der Waals surface area contributed by atoms with Gasteiger partial charge in [0.25, 0.3) is 0 Å². The molecule has 1 aliphatic rings. The number of benzene rings is 1. The Balaban J connectivity index is 2.15. The smallest absolute Gasteiger partial charge is 0.126 e. The lowest BCUT2D eigenvalue weighted by Gasteiger charge is -2.43. The SMILES string of the molecule is CCCC1(Cc2cc(Br)ccc2F)CNC1. The normalized spacial score (nSPS) is 18.2. The molecule has 2 rings (SSSR count). The van der Waals surface area contributed by atoms with Gasteiger partial charge in [-0.25, -0.2) is 4.39 Å². The summed E-state index contributed by atoms with van der Waals surface area (Å²) < 4.78 is 14.6. The molecule has 1 fully saturated rings. The van der Waals surface area contributed by atoms with Crippen LogP contribution < -0.4 is 5.32 Å². The first-order valence-corrected chi connectivity index (χ1v) is 6.59. The molecule has 0 aliphatic carbocycles. The minimum Gasteiger partial charge on any atom is -0.316 e. The van der Waals surface area contributed by atoms with E-state index in [1.807, 2.05) is 6.07 Å². The molecule has 0 unspecified atom stereocenters. The van der Waals surface area contributed by atoms with Gasteiger partial charge in [0.2, 0.25) is 0 Å². The maximum Gasteiger partial charge on any atom is 0.126 e. The largest absolute Gasteiger partial charge is 0.316 e. The maximum atomic E-state index is 13.7. The molecule has 0 atom stereocenters. The van der Waals surface area contributed by atoms with Crippen LogP contribution in [0.4, 0.5) is 4.39 Å². The van der Waals surface area contributed by atoms with Crippen LogP contribution in [0.2, 0.25) is 0 Å². The molecule has 0 aromatic heterocycles. The van der Waals surface area contributed by atoms with Crippen LogP contribution in [0, 0.1) is 11.2 Å². The summed E-state index contributed by atoms with van der Waals surface area (Å²) in [6.45, 7) is 4.23. The second kappa shape index (κ2) is 4.84. The molecule has 16 heavy (non-hydrogen) atoms. The summed E-state index contributed by atoms with van der Waals surface area (Å²) >= 11 is 3.40. The van der Waals surface area contributed by atoms with Crippen LogP contribution in [0.15, 0.2) is 22.7 Å². The van der Waals surface area contributed by atoms with E-state index in [-0.39, 0.29) is 11.2 Å². The fourth-order valence-electron chi connectivity index (χ4n) is 2.48. The average Bonchev–Trinajstić information content (AvgIpc) is 2.20. The van der Waals surface area contributed by atoms with Gasteiger partial charge < -0.3 is 5.32 Å². The molecule has 1 heterocycles. The second-order valence-electron chi connectivity index (χ2n) is 4.77. The van der Waals surface area contributed by atoms with Crippen LogP contribution in [0.25, 0.3) is 0 Å². The van der Waals surface area contributed by atoms with Crippen molar-refractivity contribution in [3.8, 4) is 0 Å². The van der Waals surface area contributed by atoms with E-state index < -0.39 is 0 Å². The van der Waals surface area contributed by atoms with Crippen molar-refractivity contribution in [1.29, 1.82) is 0 Å². The van der Waals surface area contributed by atoms with Gasteiger partial charge in [0.1, 0.15) is 5.82 Å². The Morgan fingerprint density at radius 1 is 1.44 bits per heavy atom. The molecule has 0 spiro atoms. The molecule has 3 heteroatoms. The highest BCUT2D eigenvalue weighted by atomic mass is 79.9. The van der Waals surface area contributed by atoms with Crippen molar-refractivity contribution in [3.63, 3.8) is 0 Å². The van der Waals surface area contributed by atoms with Gasteiger partial charge in [-0.3, -0.25) is 0 Å². The maximum absolute atomic E-state index is 13.7. The monoisotopic (exact) mass is 285 g/mol. The lowest BCUT2D eigenvalue weighted by molar-refractivity contribution is 0.149. The van der Waals surface area contributed by atoms with Crippen LogP contribution in [-0.4, -0.2) is 13.1 Å². The van der Waals surface area contributed by atoms with Crippen molar-refractivity contribution in [2.45, 2.75) is 26.2 Å². The van der Waals surface area contributed by atoms with Crippen molar-refractivity contribution in [2.75, 3.05) is 13.1 Å². The first kappa shape index (κ1) is 12.1. The van der Waals surface area contributed by atoms with Gasteiger partial charge >= 0.3 is 0 Å². The first-order chi connectivity index (χ1) is 7.65. The van der Waals surface area contributed by atoms with E-state index in [9.17, 15) is 4.39 Å². The third-order valence-corrected chi connectivity index (χ3v) is 3.85. The summed E-state index contributed by atoms with van der Waals surface area (Å²) in [7, 11) is 0. The molecule has 1 saturated heterocycles. The molecule has 0 bridgehead atoms. The predicted molar refractivity (Wildman–Crippen MR) is 68.0 cm³/mol. The van der Waals surface area contributed by atoms with E-state index >= 15 is 0 Å². The van der Waals surface area contributed by atoms with Gasteiger partial charge in [-0.1, -0.05) is 29.3 Å². The Hall–Kier alpha value is -0.410. The van der Waals surface area contributed by atoms with Crippen molar-refractivity contribution < 1.29 is 4.39 Å². The highest BCUT2D eigenvalue weighted by Gasteiger charge is 2.36. The zero-order valence-corrected chi connectivity index (χ0v) is 11.1. The van der Waals surface area contributed by atoms with Crippen LogP contribution >= 0.6 is 15.9 Å². The standard InChI is InChI=1S/C13H17BrFN/c1-2-5-13(8-16-9-13)7-10-6-11(14)3-4-12(10)15/h3-4,6,16H,2,5,7-9H2,1H3. The van der Waals surface area contributed by atoms with E-state index in [0.717, 1.165) is 36.0 Å². The molecule has 1 nitrogen and oxygen atoms in total. The van der Waals surface area contributed by atoms with E-state index in [1.54, 1.807) is 12.1 Å². The zero-order chi connectivity index (χ0) is 11.6. The van der Waals surface area contributed by atoms with Crippen molar-refractivity contribution in [2.24, 2.45) is 5.41 Å². The second-order valence-corrected chi connectivity index (χ2v) is 5.68. The van der Waals surface area contributed by atoms with Crippen molar-refractivity contribution >= 4 is 15.9 Å². The fraction of sp³-hybridized carbons (Fsp3) is 0.538. The van der Waals surface area contributed by atoms with Gasteiger partial charge in [-0.2, -0.15) is 0 Å². The van der Waals surface area contributed by atoms with E-state index in [1.165, 1.54) is 6.42 Å². The summed E-state index contributed by atoms with van der Waals surface area (Å²) in [5.74, 6) is -0.0782. The van der Waals surface area contributed by atoms with E-state index in [2.05, 4.69) is 28.2 Å². The van der Waals surface area contributed by atoms with E-state index in [4.69, 9.17) is 0 Å². The zero-order valence-electron chi connectivity index (χ0n) is 9.52. The highest BCUT2D eigenvalue weighted by Crippen LogP contribution is 2.34. The quantitative estimate of drug-likeness (QED) is 0.893. The Morgan fingerprint density at radius 3 is 2.75 bits per heavy atom. The predicted octanol–water partition coefficient (Wildman–Crippen LogP) is 3.52.